The van der Waals surface area contributed by atoms with Gasteiger partial charge < -0.3 is 19.7 Å². The van der Waals surface area contributed by atoms with E-state index in [0.29, 0.717) is 18.7 Å². The molecule has 0 bridgehead atoms. The van der Waals surface area contributed by atoms with E-state index < -0.39 is 6.10 Å². The maximum atomic E-state index is 12.8. The lowest BCUT2D eigenvalue weighted by Gasteiger charge is -2.15. The van der Waals surface area contributed by atoms with Crippen LogP contribution in [0.3, 0.4) is 0 Å². The van der Waals surface area contributed by atoms with E-state index >= 15 is 0 Å². The van der Waals surface area contributed by atoms with E-state index in [-0.39, 0.29) is 30.2 Å². The number of aryl methyl sites for hydroxylation is 1. The van der Waals surface area contributed by atoms with Crippen LogP contribution < -0.4 is 10.1 Å². The van der Waals surface area contributed by atoms with Crippen molar-refractivity contribution in [2.45, 2.75) is 24.9 Å². The van der Waals surface area contributed by atoms with Crippen molar-refractivity contribution in [1.82, 2.24) is 20.1 Å². The molecule has 1 aromatic carbocycles. The summed E-state index contributed by atoms with van der Waals surface area (Å²) in [5.41, 5.74) is 0. The van der Waals surface area contributed by atoms with Gasteiger partial charge in [-0.15, -0.1) is 10.2 Å². The van der Waals surface area contributed by atoms with Crippen LogP contribution in [0.2, 0.25) is 0 Å². The van der Waals surface area contributed by atoms with Gasteiger partial charge in [0.2, 0.25) is 0 Å². The summed E-state index contributed by atoms with van der Waals surface area (Å²) in [4.78, 5) is 11.9. The highest BCUT2D eigenvalue weighted by Gasteiger charge is 2.35. The van der Waals surface area contributed by atoms with Gasteiger partial charge >= 0.3 is 0 Å². The molecule has 1 amide bonds. The number of carbonyl (C=O) groups is 1. The molecule has 3 rings (SSSR count). The molecule has 3 atom stereocenters. The number of carbonyl (C=O) groups excluding carboxylic acids is 1. The topological polar surface area (TPSA) is 89.3 Å². The molecule has 1 aliphatic carbocycles. The molecule has 7 nitrogen and oxygen atoms in total. The fraction of sp³-hybridized carbons (Fsp3) is 0.471. The van der Waals surface area contributed by atoms with Crippen molar-refractivity contribution in [3.63, 3.8) is 0 Å². The molecule has 1 aliphatic rings. The van der Waals surface area contributed by atoms with Gasteiger partial charge in [0, 0.05) is 25.4 Å². The molecule has 0 unspecified atom stereocenters. The van der Waals surface area contributed by atoms with Gasteiger partial charge in [-0.3, -0.25) is 4.79 Å². The third kappa shape index (κ3) is 4.33. The van der Waals surface area contributed by atoms with E-state index in [2.05, 4.69) is 15.5 Å². The number of amides is 1. The van der Waals surface area contributed by atoms with Crippen molar-refractivity contribution in [2.24, 2.45) is 13.0 Å². The molecule has 0 spiro atoms. The molecule has 134 valence electrons. The SMILES string of the molecule is Cn1cnnc1[C@H]1C[C@H](CNC(=O)COc2ccc(F)cc2)[C@H](O)C1. The lowest BCUT2D eigenvalue weighted by Crippen LogP contribution is -2.35. The van der Waals surface area contributed by atoms with Crippen molar-refractivity contribution in [2.75, 3.05) is 13.2 Å². The molecule has 0 saturated heterocycles. The summed E-state index contributed by atoms with van der Waals surface area (Å²) < 4.78 is 20.0. The van der Waals surface area contributed by atoms with Crippen LogP contribution in [0.15, 0.2) is 30.6 Å². The Morgan fingerprint density at radius 3 is 2.84 bits per heavy atom. The second-order valence-corrected chi connectivity index (χ2v) is 6.34. The summed E-state index contributed by atoms with van der Waals surface area (Å²) in [6.45, 7) is 0.224. The van der Waals surface area contributed by atoms with Gasteiger partial charge in [0.15, 0.2) is 6.61 Å². The van der Waals surface area contributed by atoms with Crippen LogP contribution >= 0.6 is 0 Å². The summed E-state index contributed by atoms with van der Waals surface area (Å²) in [6, 6.07) is 5.48. The molecular weight excluding hydrogens is 327 g/mol. The Morgan fingerprint density at radius 1 is 1.40 bits per heavy atom. The zero-order chi connectivity index (χ0) is 17.8. The Hall–Kier alpha value is -2.48. The minimum atomic E-state index is -0.486. The Bertz CT molecular complexity index is 719. The number of halogens is 1. The van der Waals surface area contributed by atoms with Crippen LogP contribution in [0.5, 0.6) is 5.75 Å². The van der Waals surface area contributed by atoms with E-state index in [0.717, 1.165) is 12.2 Å². The summed E-state index contributed by atoms with van der Waals surface area (Å²) >= 11 is 0. The second kappa shape index (κ2) is 7.60. The van der Waals surface area contributed by atoms with Gasteiger partial charge in [0.25, 0.3) is 5.91 Å². The molecule has 25 heavy (non-hydrogen) atoms. The Labute approximate surface area is 144 Å². The number of nitrogens with one attached hydrogen (secondary N) is 1. The van der Waals surface area contributed by atoms with Crippen LogP contribution in [-0.4, -0.2) is 45.0 Å². The summed E-state index contributed by atoms with van der Waals surface area (Å²) in [5, 5.41) is 21.0. The van der Waals surface area contributed by atoms with E-state index in [1.807, 2.05) is 11.6 Å². The number of benzene rings is 1. The zero-order valence-electron chi connectivity index (χ0n) is 13.9. The number of hydrogen-bond donors (Lipinski definition) is 2. The smallest absolute Gasteiger partial charge is 0.257 e. The Kier molecular flexibility index (Phi) is 5.28. The van der Waals surface area contributed by atoms with Gasteiger partial charge in [-0.25, -0.2) is 4.39 Å². The highest BCUT2D eigenvalue weighted by molar-refractivity contribution is 5.77. The van der Waals surface area contributed by atoms with Crippen molar-refractivity contribution < 1.29 is 19.0 Å². The van der Waals surface area contributed by atoms with E-state index in [9.17, 15) is 14.3 Å². The van der Waals surface area contributed by atoms with Gasteiger partial charge in [0.1, 0.15) is 23.7 Å². The molecule has 2 N–H and O–H groups in total. The summed E-state index contributed by atoms with van der Waals surface area (Å²) in [6.07, 6.45) is 2.51. The van der Waals surface area contributed by atoms with Crippen molar-refractivity contribution >= 4 is 5.91 Å². The van der Waals surface area contributed by atoms with Crippen LogP contribution in [0.25, 0.3) is 0 Å². The highest BCUT2D eigenvalue weighted by atomic mass is 19.1. The van der Waals surface area contributed by atoms with Gasteiger partial charge in [-0.1, -0.05) is 0 Å². The lowest BCUT2D eigenvalue weighted by molar-refractivity contribution is -0.123. The zero-order valence-corrected chi connectivity index (χ0v) is 13.9. The van der Waals surface area contributed by atoms with Crippen LogP contribution in [0, 0.1) is 11.7 Å². The van der Waals surface area contributed by atoms with E-state index in [4.69, 9.17) is 4.74 Å². The van der Waals surface area contributed by atoms with Crippen LogP contribution in [0.4, 0.5) is 4.39 Å². The number of ether oxygens (including phenoxy) is 1. The maximum Gasteiger partial charge on any atom is 0.257 e. The Morgan fingerprint density at radius 2 is 2.16 bits per heavy atom. The molecular formula is C17H21FN4O3. The fourth-order valence-electron chi connectivity index (χ4n) is 3.17. The molecule has 0 radical (unpaired) electrons. The van der Waals surface area contributed by atoms with Gasteiger partial charge in [-0.2, -0.15) is 0 Å². The maximum absolute atomic E-state index is 12.8. The summed E-state index contributed by atoms with van der Waals surface area (Å²) in [7, 11) is 1.88. The second-order valence-electron chi connectivity index (χ2n) is 6.34. The standard InChI is InChI=1S/C17H21FN4O3/c1-22-10-20-21-17(22)11-6-12(15(23)7-11)8-19-16(24)9-25-14-4-2-13(18)3-5-14/h2-5,10-12,15,23H,6-9H2,1H3,(H,19,24)/t11-,12+,15+/m0/s1. The molecule has 1 saturated carbocycles. The van der Waals surface area contributed by atoms with Crippen molar-refractivity contribution in [3.05, 3.63) is 42.2 Å². The normalized spacial score (nSPS) is 22.8. The number of hydrogen-bond acceptors (Lipinski definition) is 5. The number of aliphatic hydroxyl groups excluding tert-OH is 1. The summed E-state index contributed by atoms with van der Waals surface area (Å²) in [5.74, 6) is 0.756. The van der Waals surface area contributed by atoms with Crippen LogP contribution in [0.1, 0.15) is 24.6 Å². The average Bonchev–Trinajstić information content (AvgIpc) is 3.18. The first-order valence-corrected chi connectivity index (χ1v) is 8.20. The molecule has 1 fully saturated rings. The van der Waals surface area contributed by atoms with Crippen LogP contribution in [-0.2, 0) is 11.8 Å². The van der Waals surface area contributed by atoms with Crippen molar-refractivity contribution in [1.29, 1.82) is 0 Å². The first-order valence-electron chi connectivity index (χ1n) is 8.20. The van der Waals surface area contributed by atoms with Crippen molar-refractivity contribution in [3.8, 4) is 5.75 Å². The quantitative estimate of drug-likeness (QED) is 0.813. The third-order valence-electron chi connectivity index (χ3n) is 4.51. The molecule has 8 heteroatoms. The molecule has 1 aromatic heterocycles. The molecule has 2 aromatic rings. The molecule has 1 heterocycles. The fourth-order valence-corrected chi connectivity index (χ4v) is 3.17. The van der Waals surface area contributed by atoms with E-state index in [1.165, 1.54) is 24.3 Å². The first kappa shape index (κ1) is 17.3. The van der Waals surface area contributed by atoms with Gasteiger partial charge in [-0.05, 0) is 37.1 Å². The number of aliphatic hydroxyl groups is 1. The highest BCUT2D eigenvalue weighted by Crippen LogP contribution is 2.37. The monoisotopic (exact) mass is 348 g/mol. The lowest BCUT2D eigenvalue weighted by atomic mass is 10.0. The molecule has 0 aliphatic heterocycles. The first-order chi connectivity index (χ1) is 12.0. The minimum absolute atomic E-state index is 0.0310. The van der Waals surface area contributed by atoms with Gasteiger partial charge in [0.05, 0.1) is 6.10 Å². The number of rotatable bonds is 6. The van der Waals surface area contributed by atoms with E-state index in [1.54, 1.807) is 6.33 Å². The predicted molar refractivity (Wildman–Crippen MR) is 87.4 cm³/mol. The third-order valence-corrected chi connectivity index (χ3v) is 4.51. The average molecular weight is 348 g/mol. The predicted octanol–water partition coefficient (Wildman–Crippen LogP) is 1.00. The Balaban J connectivity index is 1.44. The number of aromatic nitrogens is 3. The minimum Gasteiger partial charge on any atom is -0.484 e. The largest absolute Gasteiger partial charge is 0.484 e. The number of nitrogens with zero attached hydrogens (tertiary/aromatic N) is 3.